The van der Waals surface area contributed by atoms with Gasteiger partial charge in [0.05, 0.1) is 11.4 Å². The van der Waals surface area contributed by atoms with Gasteiger partial charge in [-0.3, -0.25) is 4.79 Å². The molecular formula is C26H24FN3O2. The lowest BCUT2D eigenvalue weighted by Crippen LogP contribution is -2.13. The van der Waals surface area contributed by atoms with Crippen molar-refractivity contribution >= 4 is 5.78 Å². The van der Waals surface area contributed by atoms with E-state index in [1.165, 1.54) is 6.07 Å². The van der Waals surface area contributed by atoms with Crippen molar-refractivity contribution in [2.24, 2.45) is 5.73 Å². The van der Waals surface area contributed by atoms with Crippen LogP contribution in [0.25, 0.3) is 5.69 Å². The summed E-state index contributed by atoms with van der Waals surface area (Å²) in [5.41, 5.74) is 9.83. The predicted molar refractivity (Wildman–Crippen MR) is 121 cm³/mol. The summed E-state index contributed by atoms with van der Waals surface area (Å²) in [7, 11) is 0. The van der Waals surface area contributed by atoms with Crippen LogP contribution in [0.15, 0.2) is 78.9 Å². The molecule has 1 unspecified atom stereocenters. The van der Waals surface area contributed by atoms with Crippen molar-refractivity contribution in [3.8, 4) is 5.69 Å². The number of carbonyl (C=O) groups excluding carboxylic acids is 1. The summed E-state index contributed by atoms with van der Waals surface area (Å²) < 4.78 is 16.4. The molecule has 4 aromatic rings. The molecule has 3 N–H and O–H groups in total. The maximum atomic E-state index is 14.8. The van der Waals surface area contributed by atoms with Gasteiger partial charge in [0, 0.05) is 13.0 Å². The Morgan fingerprint density at radius 1 is 1.03 bits per heavy atom. The molecule has 1 heterocycles. The molecule has 0 aliphatic rings. The fraction of sp³-hybridized carbons (Fsp3) is 0.154. The molecule has 6 heteroatoms. The number of nitrogens with two attached hydrogens (primary N) is 1. The summed E-state index contributed by atoms with van der Waals surface area (Å²) in [6, 6.07) is 22.7. The molecule has 3 aromatic carbocycles. The lowest BCUT2D eigenvalue weighted by Gasteiger charge is -2.13. The van der Waals surface area contributed by atoms with Crippen LogP contribution >= 0.6 is 0 Å². The Labute approximate surface area is 185 Å². The minimum absolute atomic E-state index is 0.116. The average Bonchev–Trinajstić information content (AvgIpc) is 3.22. The number of hydrogen-bond acceptors (Lipinski definition) is 4. The number of aromatic nitrogens is 2. The summed E-state index contributed by atoms with van der Waals surface area (Å²) in [6.07, 6.45) is -1.05. The van der Waals surface area contributed by atoms with E-state index < -0.39 is 11.9 Å². The first-order valence-corrected chi connectivity index (χ1v) is 10.4. The highest BCUT2D eigenvalue weighted by Crippen LogP contribution is 2.24. The van der Waals surface area contributed by atoms with E-state index in [1.807, 2.05) is 42.5 Å². The first-order valence-electron chi connectivity index (χ1n) is 10.4. The first kappa shape index (κ1) is 21.6. The number of benzene rings is 3. The molecule has 1 atom stereocenters. The topological polar surface area (TPSA) is 81.1 Å². The Bertz CT molecular complexity index is 1250. The van der Waals surface area contributed by atoms with Crippen LogP contribution in [0.5, 0.6) is 0 Å². The Morgan fingerprint density at radius 3 is 2.53 bits per heavy atom. The molecule has 0 spiro atoms. The van der Waals surface area contributed by atoms with Gasteiger partial charge in [-0.1, -0.05) is 54.6 Å². The van der Waals surface area contributed by atoms with Crippen molar-refractivity contribution in [3.05, 3.63) is 118 Å². The van der Waals surface area contributed by atoms with Crippen LogP contribution in [0, 0.1) is 12.7 Å². The third-order valence-corrected chi connectivity index (χ3v) is 5.37. The molecule has 0 bridgehead atoms. The van der Waals surface area contributed by atoms with Crippen LogP contribution < -0.4 is 5.73 Å². The second-order valence-electron chi connectivity index (χ2n) is 7.72. The molecule has 0 amide bonds. The van der Waals surface area contributed by atoms with Crippen LogP contribution in [0.4, 0.5) is 4.39 Å². The van der Waals surface area contributed by atoms with E-state index >= 15 is 0 Å². The van der Waals surface area contributed by atoms with Crippen LogP contribution in [0.1, 0.15) is 44.5 Å². The number of hydrogen-bond donors (Lipinski definition) is 2. The molecule has 5 nitrogen and oxygen atoms in total. The second-order valence-corrected chi connectivity index (χ2v) is 7.72. The van der Waals surface area contributed by atoms with Gasteiger partial charge in [0.2, 0.25) is 0 Å². The summed E-state index contributed by atoms with van der Waals surface area (Å²) in [5, 5.41) is 15.0. The molecule has 0 radical (unpaired) electrons. The summed E-state index contributed by atoms with van der Waals surface area (Å²) in [4.78, 5) is 13.1. The molecule has 0 saturated carbocycles. The lowest BCUT2D eigenvalue weighted by molar-refractivity contribution is 0.0984. The van der Waals surface area contributed by atoms with Gasteiger partial charge >= 0.3 is 0 Å². The van der Waals surface area contributed by atoms with Crippen LogP contribution in [0.3, 0.4) is 0 Å². The van der Waals surface area contributed by atoms with Gasteiger partial charge in [-0.2, -0.15) is 5.10 Å². The predicted octanol–water partition coefficient (Wildman–Crippen LogP) is 4.29. The molecule has 4 rings (SSSR count). The van der Waals surface area contributed by atoms with E-state index in [9.17, 15) is 14.3 Å². The average molecular weight is 429 g/mol. The van der Waals surface area contributed by atoms with Crippen molar-refractivity contribution in [2.45, 2.75) is 26.0 Å². The fourth-order valence-corrected chi connectivity index (χ4v) is 3.68. The van der Waals surface area contributed by atoms with Gasteiger partial charge < -0.3 is 10.8 Å². The highest BCUT2D eigenvalue weighted by Gasteiger charge is 2.19. The molecule has 0 saturated heterocycles. The van der Waals surface area contributed by atoms with Gasteiger partial charge in [-0.05, 0) is 53.4 Å². The third-order valence-electron chi connectivity index (χ3n) is 5.37. The maximum Gasteiger partial charge on any atom is 0.185 e. The Hall–Kier alpha value is -3.61. The van der Waals surface area contributed by atoms with Crippen molar-refractivity contribution in [2.75, 3.05) is 0 Å². The van der Waals surface area contributed by atoms with E-state index in [0.717, 1.165) is 11.3 Å². The lowest BCUT2D eigenvalue weighted by atomic mass is 9.98. The third kappa shape index (κ3) is 4.51. The molecule has 162 valence electrons. The summed E-state index contributed by atoms with van der Waals surface area (Å²) in [6.45, 7) is 2.18. The number of halogens is 1. The monoisotopic (exact) mass is 429 g/mol. The van der Waals surface area contributed by atoms with Crippen molar-refractivity contribution in [3.63, 3.8) is 0 Å². The first-order chi connectivity index (χ1) is 15.5. The van der Waals surface area contributed by atoms with E-state index in [1.54, 1.807) is 41.9 Å². The zero-order valence-electron chi connectivity index (χ0n) is 17.7. The Balaban J connectivity index is 1.58. The number of nitrogens with zero attached hydrogens (tertiary/aromatic N) is 2. The number of Topliss-reactive ketones (excluding diaryl/α,β-unsaturated/α-hetero) is 1. The van der Waals surface area contributed by atoms with Gasteiger partial charge in [0.15, 0.2) is 5.78 Å². The SMILES string of the molecule is Cc1cc(C(=O)Cc2ccc(C(O)c3ccccc3)cc2F)n(-c2cccc(CN)c2)n1. The highest BCUT2D eigenvalue weighted by molar-refractivity contribution is 5.96. The number of aliphatic hydroxyl groups excluding tert-OH is 1. The smallest absolute Gasteiger partial charge is 0.185 e. The summed E-state index contributed by atoms with van der Waals surface area (Å²) in [5.74, 6) is -0.780. The molecule has 0 aliphatic carbocycles. The number of aliphatic hydroxyl groups is 1. The number of rotatable bonds is 7. The van der Waals surface area contributed by atoms with Crippen LogP contribution in [0.2, 0.25) is 0 Å². The Kier molecular flexibility index (Phi) is 6.25. The van der Waals surface area contributed by atoms with Gasteiger partial charge in [0.25, 0.3) is 0 Å². The van der Waals surface area contributed by atoms with Gasteiger partial charge in [-0.25, -0.2) is 9.07 Å². The molecular weight excluding hydrogens is 405 g/mol. The fourth-order valence-electron chi connectivity index (χ4n) is 3.68. The van der Waals surface area contributed by atoms with Crippen molar-refractivity contribution < 1.29 is 14.3 Å². The zero-order chi connectivity index (χ0) is 22.7. The number of aryl methyl sites for hydroxylation is 1. The minimum atomic E-state index is -0.936. The largest absolute Gasteiger partial charge is 0.384 e. The highest BCUT2D eigenvalue weighted by atomic mass is 19.1. The molecule has 32 heavy (non-hydrogen) atoms. The van der Waals surface area contributed by atoms with Gasteiger partial charge in [0.1, 0.15) is 17.6 Å². The quantitative estimate of drug-likeness (QED) is 0.430. The normalized spacial score (nSPS) is 12.0. The van der Waals surface area contributed by atoms with E-state index in [0.29, 0.717) is 29.1 Å². The molecule has 1 aromatic heterocycles. The summed E-state index contributed by atoms with van der Waals surface area (Å²) >= 11 is 0. The van der Waals surface area contributed by atoms with E-state index in [-0.39, 0.29) is 17.8 Å². The zero-order valence-corrected chi connectivity index (χ0v) is 17.7. The number of ketones is 1. The molecule has 0 fully saturated rings. The molecule has 0 aliphatic heterocycles. The van der Waals surface area contributed by atoms with E-state index in [2.05, 4.69) is 5.10 Å². The van der Waals surface area contributed by atoms with Gasteiger partial charge in [-0.15, -0.1) is 0 Å². The van der Waals surface area contributed by atoms with Crippen molar-refractivity contribution in [1.29, 1.82) is 0 Å². The maximum absolute atomic E-state index is 14.8. The Morgan fingerprint density at radius 2 is 1.81 bits per heavy atom. The minimum Gasteiger partial charge on any atom is -0.384 e. The second kappa shape index (κ2) is 9.26. The van der Waals surface area contributed by atoms with Crippen LogP contribution in [-0.2, 0) is 13.0 Å². The standard InChI is InChI=1S/C26H24FN3O2/c1-17-12-24(30(29-17)22-9-5-6-18(13-22)16-28)25(31)15-20-10-11-21(14-23(20)27)26(32)19-7-3-2-4-8-19/h2-14,26,32H,15-16,28H2,1H3. The number of carbonyl (C=O) groups is 1. The van der Waals surface area contributed by atoms with Crippen LogP contribution in [-0.4, -0.2) is 20.7 Å². The van der Waals surface area contributed by atoms with E-state index in [4.69, 9.17) is 5.73 Å². The van der Waals surface area contributed by atoms with Crippen molar-refractivity contribution in [1.82, 2.24) is 9.78 Å².